The van der Waals surface area contributed by atoms with Gasteiger partial charge in [0, 0.05) is 19.5 Å². The van der Waals surface area contributed by atoms with Gasteiger partial charge in [-0.3, -0.25) is 4.79 Å². The molecule has 2 heteroatoms. The number of likely N-dealkylation sites (tertiary alicyclic amines) is 1. The molecule has 0 N–H and O–H groups in total. The number of amides is 1. The molecule has 2 atom stereocenters. The maximum absolute atomic E-state index is 11.7. The van der Waals surface area contributed by atoms with Gasteiger partial charge in [-0.25, -0.2) is 0 Å². The van der Waals surface area contributed by atoms with E-state index in [4.69, 9.17) is 0 Å². The number of hydrogen-bond acceptors (Lipinski definition) is 1. The van der Waals surface area contributed by atoms with Crippen LogP contribution in [0.1, 0.15) is 41.0 Å². The second kappa shape index (κ2) is 3.56. The van der Waals surface area contributed by atoms with Crippen LogP contribution < -0.4 is 0 Å². The van der Waals surface area contributed by atoms with Gasteiger partial charge in [-0.2, -0.15) is 0 Å². The minimum absolute atomic E-state index is 0.190. The molecule has 0 radical (unpaired) electrons. The van der Waals surface area contributed by atoms with Crippen molar-refractivity contribution in [3.05, 3.63) is 0 Å². The Bertz CT molecular complexity index is 227. The number of rotatable bonds is 1. The van der Waals surface area contributed by atoms with E-state index in [-0.39, 0.29) is 5.41 Å². The van der Waals surface area contributed by atoms with Crippen molar-refractivity contribution in [1.82, 2.24) is 4.90 Å². The summed E-state index contributed by atoms with van der Waals surface area (Å²) in [5.41, 5.74) is 0.190. The van der Waals surface area contributed by atoms with Gasteiger partial charge in [0.2, 0.25) is 5.91 Å². The van der Waals surface area contributed by atoms with Crippen molar-refractivity contribution in [3.8, 4) is 0 Å². The second-order valence-electron chi connectivity index (χ2n) is 5.93. The topological polar surface area (TPSA) is 20.3 Å². The molecule has 1 fully saturated rings. The molecule has 0 saturated carbocycles. The SMILES string of the molecule is CC(C)[C@H]1CC(=O)N(C)[C@H]1C(C)(C)C. The summed E-state index contributed by atoms with van der Waals surface area (Å²) >= 11 is 0. The molecule has 0 aromatic heterocycles. The molecule has 0 aliphatic carbocycles. The highest BCUT2D eigenvalue weighted by Gasteiger charge is 2.44. The molecule has 0 bridgehead atoms. The van der Waals surface area contributed by atoms with Crippen LogP contribution in [0, 0.1) is 17.3 Å². The minimum atomic E-state index is 0.190. The fraction of sp³-hybridized carbons (Fsp3) is 0.917. The first-order chi connectivity index (χ1) is 6.25. The summed E-state index contributed by atoms with van der Waals surface area (Å²) in [7, 11) is 1.95. The lowest BCUT2D eigenvalue weighted by Gasteiger charge is -2.38. The predicted octanol–water partition coefficient (Wildman–Crippen LogP) is 2.54. The quantitative estimate of drug-likeness (QED) is 0.632. The first-order valence-corrected chi connectivity index (χ1v) is 5.50. The van der Waals surface area contributed by atoms with Crippen molar-refractivity contribution in [2.45, 2.75) is 47.1 Å². The number of carbonyl (C=O) groups excluding carboxylic acids is 1. The van der Waals surface area contributed by atoms with Crippen LogP contribution in [-0.2, 0) is 4.79 Å². The van der Waals surface area contributed by atoms with Gasteiger partial charge in [-0.15, -0.1) is 0 Å². The first-order valence-electron chi connectivity index (χ1n) is 5.50. The van der Waals surface area contributed by atoms with Crippen molar-refractivity contribution in [2.24, 2.45) is 17.3 Å². The van der Waals surface area contributed by atoms with Gasteiger partial charge in [0.05, 0.1) is 0 Å². The molecule has 82 valence electrons. The molecule has 0 aromatic rings. The third-order valence-corrected chi connectivity index (χ3v) is 3.37. The highest BCUT2D eigenvalue weighted by molar-refractivity contribution is 5.79. The molecule has 0 aromatic carbocycles. The molecule has 0 spiro atoms. The number of nitrogens with zero attached hydrogens (tertiary/aromatic N) is 1. The van der Waals surface area contributed by atoms with E-state index >= 15 is 0 Å². The van der Waals surface area contributed by atoms with Crippen molar-refractivity contribution < 1.29 is 4.79 Å². The van der Waals surface area contributed by atoms with E-state index in [1.165, 1.54) is 0 Å². The van der Waals surface area contributed by atoms with Crippen LogP contribution in [0.4, 0.5) is 0 Å². The van der Waals surface area contributed by atoms with E-state index in [0.29, 0.717) is 23.8 Å². The fourth-order valence-electron chi connectivity index (χ4n) is 2.72. The van der Waals surface area contributed by atoms with Gasteiger partial charge in [-0.1, -0.05) is 34.6 Å². The van der Waals surface area contributed by atoms with Crippen LogP contribution in [0.3, 0.4) is 0 Å². The van der Waals surface area contributed by atoms with Crippen LogP contribution >= 0.6 is 0 Å². The summed E-state index contributed by atoms with van der Waals surface area (Å²) in [6.45, 7) is 11.1. The molecular weight excluding hydrogens is 174 g/mol. The third kappa shape index (κ3) is 1.94. The zero-order valence-electron chi connectivity index (χ0n) is 10.3. The smallest absolute Gasteiger partial charge is 0.222 e. The summed E-state index contributed by atoms with van der Waals surface area (Å²) < 4.78 is 0. The summed E-state index contributed by atoms with van der Waals surface area (Å²) in [5.74, 6) is 1.42. The van der Waals surface area contributed by atoms with Crippen LogP contribution in [-0.4, -0.2) is 23.9 Å². The molecule has 1 amide bonds. The summed E-state index contributed by atoms with van der Waals surface area (Å²) in [6.07, 6.45) is 0.732. The van der Waals surface area contributed by atoms with E-state index in [2.05, 4.69) is 34.6 Å². The van der Waals surface area contributed by atoms with Crippen molar-refractivity contribution in [1.29, 1.82) is 0 Å². The number of carbonyl (C=O) groups is 1. The largest absolute Gasteiger partial charge is 0.342 e. The summed E-state index contributed by atoms with van der Waals surface area (Å²) in [5, 5.41) is 0. The Hall–Kier alpha value is -0.530. The van der Waals surface area contributed by atoms with Gasteiger partial charge in [-0.05, 0) is 17.3 Å². The fourth-order valence-corrected chi connectivity index (χ4v) is 2.72. The minimum Gasteiger partial charge on any atom is -0.342 e. The normalized spacial score (nSPS) is 29.1. The van der Waals surface area contributed by atoms with Crippen molar-refractivity contribution in [2.75, 3.05) is 7.05 Å². The van der Waals surface area contributed by atoms with Crippen LogP contribution in [0.25, 0.3) is 0 Å². The standard InChI is InChI=1S/C12H23NO/c1-8(2)9-7-10(14)13(6)11(9)12(3,4)5/h8-9,11H,7H2,1-6H3/t9-,11-/m1/s1. The van der Waals surface area contributed by atoms with E-state index in [1.54, 1.807) is 0 Å². The molecular formula is C12H23NO. The van der Waals surface area contributed by atoms with E-state index in [9.17, 15) is 4.79 Å². The van der Waals surface area contributed by atoms with E-state index in [0.717, 1.165) is 6.42 Å². The Kier molecular flexibility index (Phi) is 2.93. The van der Waals surface area contributed by atoms with E-state index in [1.807, 2.05) is 11.9 Å². The van der Waals surface area contributed by atoms with Crippen LogP contribution in [0.5, 0.6) is 0 Å². The Morgan fingerprint density at radius 2 is 1.86 bits per heavy atom. The molecule has 1 aliphatic heterocycles. The van der Waals surface area contributed by atoms with Gasteiger partial charge < -0.3 is 4.90 Å². The van der Waals surface area contributed by atoms with E-state index < -0.39 is 0 Å². The highest BCUT2D eigenvalue weighted by atomic mass is 16.2. The Balaban J connectivity index is 2.93. The molecule has 0 unspecified atom stereocenters. The predicted molar refractivity (Wildman–Crippen MR) is 59.0 cm³/mol. The van der Waals surface area contributed by atoms with Gasteiger partial charge in [0.15, 0.2) is 0 Å². The monoisotopic (exact) mass is 197 g/mol. The van der Waals surface area contributed by atoms with Gasteiger partial charge in [0.25, 0.3) is 0 Å². The zero-order valence-corrected chi connectivity index (χ0v) is 10.3. The highest BCUT2D eigenvalue weighted by Crippen LogP contribution is 2.40. The van der Waals surface area contributed by atoms with Gasteiger partial charge in [0.1, 0.15) is 0 Å². The molecule has 1 rings (SSSR count). The molecule has 2 nitrogen and oxygen atoms in total. The van der Waals surface area contributed by atoms with Crippen molar-refractivity contribution >= 4 is 5.91 Å². The molecule has 1 saturated heterocycles. The Labute approximate surface area is 87.7 Å². The van der Waals surface area contributed by atoms with Crippen LogP contribution in [0.15, 0.2) is 0 Å². The van der Waals surface area contributed by atoms with Gasteiger partial charge >= 0.3 is 0 Å². The molecule has 14 heavy (non-hydrogen) atoms. The molecule has 1 aliphatic rings. The lowest BCUT2D eigenvalue weighted by molar-refractivity contribution is -0.128. The lowest BCUT2D eigenvalue weighted by atomic mass is 9.75. The Morgan fingerprint density at radius 1 is 1.36 bits per heavy atom. The summed E-state index contributed by atoms with van der Waals surface area (Å²) in [4.78, 5) is 13.6. The zero-order chi connectivity index (χ0) is 11.1. The third-order valence-electron chi connectivity index (χ3n) is 3.37. The maximum atomic E-state index is 11.7. The maximum Gasteiger partial charge on any atom is 0.222 e. The average Bonchev–Trinajstić information content (AvgIpc) is 2.27. The second-order valence-corrected chi connectivity index (χ2v) is 5.93. The number of hydrogen-bond donors (Lipinski definition) is 0. The lowest BCUT2D eigenvalue weighted by Crippen LogP contribution is -2.43. The molecule has 1 heterocycles. The Morgan fingerprint density at radius 3 is 2.14 bits per heavy atom. The average molecular weight is 197 g/mol. The van der Waals surface area contributed by atoms with Crippen molar-refractivity contribution in [3.63, 3.8) is 0 Å². The summed E-state index contributed by atoms with van der Waals surface area (Å²) in [6, 6.07) is 0.398. The first kappa shape index (κ1) is 11.5. The van der Waals surface area contributed by atoms with Crippen LogP contribution in [0.2, 0.25) is 0 Å².